The van der Waals surface area contributed by atoms with Gasteiger partial charge in [-0.3, -0.25) is 9.78 Å². The maximum atomic E-state index is 13.9. The fourth-order valence-corrected chi connectivity index (χ4v) is 3.18. The van der Waals surface area contributed by atoms with Crippen LogP contribution in [0.15, 0.2) is 42.6 Å². The molecule has 5 nitrogen and oxygen atoms in total. The number of carbonyl (C=O) groups excluding carboxylic acids is 1. The van der Waals surface area contributed by atoms with Gasteiger partial charge in [0.2, 0.25) is 0 Å². The summed E-state index contributed by atoms with van der Waals surface area (Å²) >= 11 is 0. The highest BCUT2D eigenvalue weighted by atomic mass is 19.1. The molecule has 1 aliphatic heterocycles. The van der Waals surface area contributed by atoms with Gasteiger partial charge in [0.25, 0.3) is 5.91 Å². The van der Waals surface area contributed by atoms with Crippen LogP contribution in [-0.4, -0.2) is 67.1 Å². The van der Waals surface area contributed by atoms with Crippen LogP contribution in [0.25, 0.3) is 11.3 Å². The van der Waals surface area contributed by atoms with Gasteiger partial charge in [-0.15, -0.1) is 0 Å². The van der Waals surface area contributed by atoms with Crippen molar-refractivity contribution in [1.82, 2.24) is 14.8 Å². The minimum Gasteiger partial charge on any atom is -0.376 e. The van der Waals surface area contributed by atoms with E-state index in [0.29, 0.717) is 29.9 Å². The average Bonchev–Trinajstić information content (AvgIpc) is 3.18. The number of hydrogen-bond acceptors (Lipinski definition) is 4. The predicted octanol–water partition coefficient (Wildman–Crippen LogP) is 3.07. The summed E-state index contributed by atoms with van der Waals surface area (Å²) in [6.07, 6.45) is 3.70. The topological polar surface area (TPSA) is 45.7 Å². The summed E-state index contributed by atoms with van der Waals surface area (Å²) < 4.78 is 19.6. The Balaban J connectivity index is 1.75. The molecule has 144 valence electrons. The second-order valence-corrected chi connectivity index (χ2v) is 7.10. The van der Waals surface area contributed by atoms with E-state index in [4.69, 9.17) is 4.74 Å². The molecule has 3 rings (SSSR count). The Bertz CT molecular complexity index is 758. The molecule has 1 atom stereocenters. The molecule has 2 heterocycles. The van der Waals surface area contributed by atoms with Crippen LogP contribution in [0.3, 0.4) is 0 Å². The maximum absolute atomic E-state index is 13.9. The smallest absolute Gasteiger partial charge is 0.253 e. The SMILES string of the molecule is CN(C)CCN(CC1CCCO1)C(=O)c1ccc(-c2ncccc2F)cc1. The first-order chi connectivity index (χ1) is 13.0. The number of amides is 1. The molecule has 1 saturated heterocycles. The van der Waals surface area contributed by atoms with E-state index in [1.807, 2.05) is 19.0 Å². The van der Waals surface area contributed by atoms with Crippen LogP contribution in [0.4, 0.5) is 4.39 Å². The van der Waals surface area contributed by atoms with Gasteiger partial charge in [-0.2, -0.15) is 0 Å². The van der Waals surface area contributed by atoms with Crippen LogP contribution in [-0.2, 0) is 4.74 Å². The first-order valence-corrected chi connectivity index (χ1v) is 9.31. The fraction of sp³-hybridized carbons (Fsp3) is 0.429. The third-order valence-corrected chi connectivity index (χ3v) is 4.72. The van der Waals surface area contributed by atoms with Crippen LogP contribution >= 0.6 is 0 Å². The van der Waals surface area contributed by atoms with E-state index >= 15 is 0 Å². The number of halogens is 1. The van der Waals surface area contributed by atoms with Gasteiger partial charge in [-0.25, -0.2) is 4.39 Å². The molecule has 1 aliphatic rings. The van der Waals surface area contributed by atoms with E-state index in [-0.39, 0.29) is 17.8 Å². The number of pyridine rings is 1. The fourth-order valence-electron chi connectivity index (χ4n) is 3.18. The number of hydrogen-bond donors (Lipinski definition) is 0. The summed E-state index contributed by atoms with van der Waals surface area (Å²) in [5.41, 5.74) is 1.54. The number of aromatic nitrogens is 1. The lowest BCUT2D eigenvalue weighted by molar-refractivity contribution is 0.0512. The molecule has 0 spiro atoms. The van der Waals surface area contributed by atoms with Gasteiger partial charge in [0, 0.05) is 43.6 Å². The summed E-state index contributed by atoms with van der Waals surface area (Å²) in [7, 11) is 3.98. The second-order valence-electron chi connectivity index (χ2n) is 7.10. The zero-order valence-corrected chi connectivity index (χ0v) is 15.9. The molecule has 2 aromatic rings. The summed E-state index contributed by atoms with van der Waals surface area (Å²) in [6.45, 7) is 2.80. The minimum absolute atomic E-state index is 0.0274. The molecule has 1 aromatic carbocycles. The minimum atomic E-state index is -0.373. The molecule has 0 N–H and O–H groups in total. The quantitative estimate of drug-likeness (QED) is 0.750. The van der Waals surface area contributed by atoms with Crippen molar-refractivity contribution in [3.8, 4) is 11.3 Å². The maximum Gasteiger partial charge on any atom is 0.253 e. The monoisotopic (exact) mass is 371 g/mol. The number of benzene rings is 1. The third-order valence-electron chi connectivity index (χ3n) is 4.72. The summed E-state index contributed by atoms with van der Waals surface area (Å²) in [4.78, 5) is 21.0. The third kappa shape index (κ3) is 5.11. The molecule has 1 aromatic heterocycles. The second kappa shape index (κ2) is 9.06. The first-order valence-electron chi connectivity index (χ1n) is 9.31. The van der Waals surface area contributed by atoms with Crippen LogP contribution < -0.4 is 0 Å². The van der Waals surface area contributed by atoms with Gasteiger partial charge in [0.1, 0.15) is 11.5 Å². The molecule has 0 bridgehead atoms. The van der Waals surface area contributed by atoms with Crippen LogP contribution in [0, 0.1) is 5.82 Å². The van der Waals surface area contributed by atoms with Crippen molar-refractivity contribution < 1.29 is 13.9 Å². The van der Waals surface area contributed by atoms with Crippen molar-refractivity contribution >= 4 is 5.91 Å². The Morgan fingerprint density at radius 1 is 1.22 bits per heavy atom. The molecule has 0 saturated carbocycles. The molecule has 1 amide bonds. The lowest BCUT2D eigenvalue weighted by atomic mass is 10.1. The zero-order valence-electron chi connectivity index (χ0n) is 15.9. The highest BCUT2D eigenvalue weighted by molar-refractivity contribution is 5.94. The molecule has 0 radical (unpaired) electrons. The predicted molar refractivity (Wildman–Crippen MR) is 103 cm³/mol. The van der Waals surface area contributed by atoms with Crippen LogP contribution in [0.5, 0.6) is 0 Å². The van der Waals surface area contributed by atoms with E-state index in [1.54, 1.807) is 36.5 Å². The van der Waals surface area contributed by atoms with Gasteiger partial charge in [-0.1, -0.05) is 12.1 Å². The molecule has 1 unspecified atom stereocenters. The zero-order chi connectivity index (χ0) is 19.2. The van der Waals surface area contributed by atoms with Crippen molar-refractivity contribution in [3.05, 3.63) is 54.0 Å². The number of nitrogens with zero attached hydrogens (tertiary/aromatic N) is 3. The van der Waals surface area contributed by atoms with Gasteiger partial charge >= 0.3 is 0 Å². The first kappa shape index (κ1) is 19.5. The normalized spacial score (nSPS) is 16.7. The van der Waals surface area contributed by atoms with Gasteiger partial charge in [0.05, 0.1) is 6.10 Å². The van der Waals surface area contributed by atoms with Gasteiger partial charge < -0.3 is 14.5 Å². The molecule has 27 heavy (non-hydrogen) atoms. The van der Waals surface area contributed by atoms with E-state index in [0.717, 1.165) is 26.0 Å². The number of carbonyl (C=O) groups is 1. The average molecular weight is 371 g/mol. The lowest BCUT2D eigenvalue weighted by Crippen LogP contribution is -2.41. The Labute approximate surface area is 159 Å². The Kier molecular flexibility index (Phi) is 6.53. The van der Waals surface area contributed by atoms with Crippen LogP contribution in [0.2, 0.25) is 0 Å². The van der Waals surface area contributed by atoms with Gasteiger partial charge in [-0.05, 0) is 51.2 Å². The van der Waals surface area contributed by atoms with Crippen molar-refractivity contribution in [3.63, 3.8) is 0 Å². The van der Waals surface area contributed by atoms with Crippen molar-refractivity contribution in [2.45, 2.75) is 18.9 Å². The highest BCUT2D eigenvalue weighted by Crippen LogP contribution is 2.21. The van der Waals surface area contributed by atoms with Crippen molar-refractivity contribution in [2.24, 2.45) is 0 Å². The summed E-state index contributed by atoms with van der Waals surface area (Å²) in [6, 6.07) is 9.91. The number of ether oxygens (including phenoxy) is 1. The van der Waals surface area contributed by atoms with Crippen molar-refractivity contribution in [1.29, 1.82) is 0 Å². The molecular formula is C21H26FN3O2. The van der Waals surface area contributed by atoms with Crippen LogP contribution in [0.1, 0.15) is 23.2 Å². The highest BCUT2D eigenvalue weighted by Gasteiger charge is 2.23. The van der Waals surface area contributed by atoms with E-state index in [1.165, 1.54) is 6.07 Å². The summed E-state index contributed by atoms with van der Waals surface area (Å²) in [5.74, 6) is -0.400. The Hall–Kier alpha value is -2.31. The number of likely N-dealkylation sites (N-methyl/N-ethyl adjacent to an activating group) is 1. The van der Waals surface area contributed by atoms with E-state index in [9.17, 15) is 9.18 Å². The summed E-state index contributed by atoms with van der Waals surface area (Å²) in [5, 5.41) is 0. The van der Waals surface area contributed by atoms with Gasteiger partial charge in [0.15, 0.2) is 0 Å². The standard InChI is InChI=1S/C21H26FN3O2/c1-24(2)12-13-25(15-18-5-4-14-27-18)21(26)17-9-7-16(8-10-17)20-19(22)6-3-11-23-20/h3,6-11,18H,4-5,12-15H2,1-2H3. The van der Waals surface area contributed by atoms with E-state index < -0.39 is 0 Å². The molecular weight excluding hydrogens is 345 g/mol. The Morgan fingerprint density at radius 3 is 2.63 bits per heavy atom. The molecule has 1 fully saturated rings. The van der Waals surface area contributed by atoms with Crippen molar-refractivity contribution in [2.75, 3.05) is 40.3 Å². The Morgan fingerprint density at radius 2 is 2.00 bits per heavy atom. The molecule has 6 heteroatoms. The number of rotatable bonds is 7. The van der Waals surface area contributed by atoms with E-state index in [2.05, 4.69) is 9.88 Å². The molecule has 0 aliphatic carbocycles. The largest absolute Gasteiger partial charge is 0.376 e. The lowest BCUT2D eigenvalue weighted by Gasteiger charge is -2.27.